The second-order valence-electron chi connectivity index (χ2n) is 7.15. The first-order valence-electron chi connectivity index (χ1n) is 9.68. The summed E-state index contributed by atoms with van der Waals surface area (Å²) < 4.78 is 3.84. The molecule has 1 N–H and O–H groups in total. The molecule has 152 valence electrons. The van der Waals surface area contributed by atoms with E-state index < -0.39 is 0 Å². The Labute approximate surface area is 179 Å². The molecule has 0 atom stereocenters. The fourth-order valence-corrected chi connectivity index (χ4v) is 4.04. The lowest BCUT2D eigenvalue weighted by molar-refractivity contribution is -0.113. The molecule has 7 heteroatoms. The molecule has 0 unspecified atom stereocenters. The number of carbonyl (C=O) groups excluding carboxylic acids is 1. The van der Waals surface area contributed by atoms with Crippen molar-refractivity contribution in [3.8, 4) is 11.4 Å². The van der Waals surface area contributed by atoms with E-state index in [2.05, 4.69) is 21.6 Å². The number of para-hydroxylation sites is 1. The first-order valence-corrected chi connectivity index (χ1v) is 10.7. The molecule has 0 radical (unpaired) electrons. The highest BCUT2D eigenvalue weighted by molar-refractivity contribution is 7.99. The molecule has 0 fully saturated rings. The molecule has 4 aromatic rings. The molecule has 0 saturated carbocycles. The number of nitrogens with one attached hydrogen (secondary N) is 1. The van der Waals surface area contributed by atoms with Gasteiger partial charge in [-0.15, -0.1) is 10.2 Å². The summed E-state index contributed by atoms with van der Waals surface area (Å²) in [6.07, 6.45) is 3.87. The lowest BCUT2D eigenvalue weighted by Gasteiger charge is -2.13. The Balaban J connectivity index is 1.58. The van der Waals surface area contributed by atoms with E-state index in [9.17, 15) is 4.79 Å². The van der Waals surface area contributed by atoms with Crippen molar-refractivity contribution in [1.29, 1.82) is 0 Å². The predicted octanol–water partition coefficient (Wildman–Crippen LogP) is 4.71. The first kappa shape index (κ1) is 20.0. The molecule has 6 nitrogen and oxygen atoms in total. The number of nitrogens with zero attached hydrogens (tertiary/aromatic N) is 4. The summed E-state index contributed by atoms with van der Waals surface area (Å²) in [7, 11) is 0. The van der Waals surface area contributed by atoms with E-state index in [0.717, 1.165) is 33.8 Å². The van der Waals surface area contributed by atoms with Gasteiger partial charge >= 0.3 is 0 Å². The van der Waals surface area contributed by atoms with E-state index in [4.69, 9.17) is 0 Å². The van der Waals surface area contributed by atoms with Crippen molar-refractivity contribution < 1.29 is 4.79 Å². The molecule has 2 aromatic carbocycles. The van der Waals surface area contributed by atoms with Gasteiger partial charge in [0.05, 0.1) is 5.75 Å². The third-order valence-electron chi connectivity index (χ3n) is 4.79. The zero-order valence-corrected chi connectivity index (χ0v) is 18.0. The van der Waals surface area contributed by atoms with Crippen LogP contribution in [0.25, 0.3) is 11.4 Å². The number of rotatable bonds is 6. The lowest BCUT2D eigenvalue weighted by atomic mass is 10.1. The van der Waals surface area contributed by atoms with Crippen LogP contribution in [0.2, 0.25) is 0 Å². The van der Waals surface area contributed by atoms with Gasteiger partial charge in [0.2, 0.25) is 11.1 Å². The maximum absolute atomic E-state index is 12.6. The maximum Gasteiger partial charge on any atom is 0.234 e. The predicted molar refractivity (Wildman–Crippen MR) is 121 cm³/mol. The third kappa shape index (κ3) is 4.16. The number of anilines is 1. The molecule has 4 rings (SSSR count). The average Bonchev–Trinajstić information content (AvgIpc) is 3.38. The Morgan fingerprint density at radius 3 is 2.37 bits per heavy atom. The largest absolute Gasteiger partial charge is 0.325 e. The second kappa shape index (κ2) is 8.59. The van der Waals surface area contributed by atoms with Crippen molar-refractivity contribution in [3.05, 3.63) is 83.7 Å². The quantitative estimate of drug-likeness (QED) is 0.461. The smallest absolute Gasteiger partial charge is 0.234 e. The van der Waals surface area contributed by atoms with E-state index in [-0.39, 0.29) is 11.7 Å². The Hall–Kier alpha value is -3.32. The number of hydrogen-bond acceptors (Lipinski definition) is 4. The summed E-state index contributed by atoms with van der Waals surface area (Å²) >= 11 is 1.36. The summed E-state index contributed by atoms with van der Waals surface area (Å²) in [4.78, 5) is 12.6. The van der Waals surface area contributed by atoms with Crippen molar-refractivity contribution in [3.63, 3.8) is 0 Å². The number of aromatic nitrogens is 4. The number of aryl methyl sites for hydroxylation is 3. The van der Waals surface area contributed by atoms with Crippen LogP contribution in [-0.2, 0) is 4.79 Å². The van der Waals surface area contributed by atoms with Crippen LogP contribution >= 0.6 is 11.8 Å². The van der Waals surface area contributed by atoms with E-state index in [1.807, 2.05) is 91.0 Å². The van der Waals surface area contributed by atoms with Crippen LogP contribution in [0, 0.1) is 20.8 Å². The molecule has 0 bridgehead atoms. The molecule has 0 spiro atoms. The van der Waals surface area contributed by atoms with Gasteiger partial charge in [-0.2, -0.15) is 0 Å². The maximum atomic E-state index is 12.6. The van der Waals surface area contributed by atoms with Crippen LogP contribution in [0.1, 0.15) is 16.7 Å². The molecular formula is C23H23N5OS. The molecule has 0 aliphatic rings. The van der Waals surface area contributed by atoms with Crippen molar-refractivity contribution in [2.45, 2.75) is 25.9 Å². The molecular weight excluding hydrogens is 394 g/mol. The monoisotopic (exact) mass is 417 g/mol. The Morgan fingerprint density at radius 2 is 1.67 bits per heavy atom. The number of carbonyl (C=O) groups is 1. The van der Waals surface area contributed by atoms with E-state index in [1.54, 1.807) is 0 Å². The molecule has 1 amide bonds. The van der Waals surface area contributed by atoms with Crippen molar-refractivity contribution >= 4 is 23.4 Å². The van der Waals surface area contributed by atoms with E-state index >= 15 is 0 Å². The molecule has 0 aliphatic heterocycles. The topological polar surface area (TPSA) is 64.7 Å². The minimum Gasteiger partial charge on any atom is -0.325 e. The number of benzene rings is 2. The van der Waals surface area contributed by atoms with E-state index in [1.165, 1.54) is 11.8 Å². The van der Waals surface area contributed by atoms with Crippen LogP contribution in [0.4, 0.5) is 5.69 Å². The molecule has 2 heterocycles. The van der Waals surface area contributed by atoms with Gasteiger partial charge in [-0.05, 0) is 50.1 Å². The standard InChI is InChI=1S/C23H23N5OS/c1-16-8-6-11-19(14-16)22-25-26-23(28(22)27-12-4-5-13-27)30-15-20(29)24-21-17(2)9-7-10-18(21)3/h4-14H,15H2,1-3H3,(H,24,29). The van der Waals surface area contributed by atoms with Crippen molar-refractivity contribution in [2.24, 2.45) is 0 Å². The third-order valence-corrected chi connectivity index (χ3v) is 5.71. The van der Waals surface area contributed by atoms with Crippen LogP contribution in [0.3, 0.4) is 0 Å². The van der Waals surface area contributed by atoms with Crippen LogP contribution in [0.15, 0.2) is 72.1 Å². The van der Waals surface area contributed by atoms with Gasteiger partial charge in [0.1, 0.15) is 0 Å². The lowest BCUT2D eigenvalue weighted by Crippen LogP contribution is -2.17. The minimum atomic E-state index is -0.0726. The van der Waals surface area contributed by atoms with Crippen LogP contribution in [-0.4, -0.2) is 31.2 Å². The average molecular weight is 418 g/mol. The highest BCUT2D eigenvalue weighted by atomic mass is 32.2. The normalized spacial score (nSPS) is 10.9. The summed E-state index contributed by atoms with van der Waals surface area (Å²) in [6, 6.07) is 18.0. The van der Waals surface area contributed by atoms with Gasteiger partial charge < -0.3 is 5.32 Å². The summed E-state index contributed by atoms with van der Waals surface area (Å²) in [6.45, 7) is 6.03. The van der Waals surface area contributed by atoms with Gasteiger partial charge in [0.25, 0.3) is 0 Å². The molecule has 0 aliphatic carbocycles. The van der Waals surface area contributed by atoms with Crippen molar-refractivity contribution in [2.75, 3.05) is 11.1 Å². The fraction of sp³-hybridized carbons (Fsp3) is 0.174. The molecule has 0 saturated heterocycles. The van der Waals surface area contributed by atoms with E-state index in [0.29, 0.717) is 5.16 Å². The van der Waals surface area contributed by atoms with Gasteiger partial charge in [-0.3, -0.25) is 9.47 Å². The first-order chi connectivity index (χ1) is 14.5. The van der Waals surface area contributed by atoms with Gasteiger partial charge in [-0.25, -0.2) is 4.68 Å². The fourth-order valence-electron chi connectivity index (χ4n) is 3.30. The zero-order valence-electron chi connectivity index (χ0n) is 17.2. The second-order valence-corrected chi connectivity index (χ2v) is 8.10. The summed E-state index contributed by atoms with van der Waals surface area (Å²) in [5, 5.41) is 12.5. The van der Waals surface area contributed by atoms with Crippen LogP contribution in [0.5, 0.6) is 0 Å². The zero-order chi connectivity index (χ0) is 21.1. The highest BCUT2D eigenvalue weighted by Crippen LogP contribution is 2.26. The minimum absolute atomic E-state index is 0.0726. The number of thioether (sulfide) groups is 1. The van der Waals surface area contributed by atoms with Crippen molar-refractivity contribution in [1.82, 2.24) is 19.5 Å². The van der Waals surface area contributed by atoms with Gasteiger partial charge in [-0.1, -0.05) is 53.7 Å². The summed E-state index contributed by atoms with van der Waals surface area (Å²) in [5.41, 5.74) is 5.09. The number of amides is 1. The molecule has 2 aromatic heterocycles. The van der Waals surface area contributed by atoms with Crippen LogP contribution < -0.4 is 5.32 Å². The molecule has 30 heavy (non-hydrogen) atoms. The number of hydrogen-bond donors (Lipinski definition) is 1. The van der Waals surface area contributed by atoms with Gasteiger partial charge in [0, 0.05) is 23.6 Å². The SMILES string of the molecule is Cc1cccc(-c2nnc(SCC(=O)Nc3c(C)cccc3C)n2-n2cccc2)c1. The Bertz CT molecular complexity index is 1160. The summed E-state index contributed by atoms with van der Waals surface area (Å²) in [5.74, 6) is 0.894. The Morgan fingerprint density at radius 1 is 0.967 bits per heavy atom. The van der Waals surface area contributed by atoms with Gasteiger partial charge in [0.15, 0.2) is 5.82 Å². The Kier molecular flexibility index (Phi) is 5.72. The highest BCUT2D eigenvalue weighted by Gasteiger charge is 2.17.